The summed E-state index contributed by atoms with van der Waals surface area (Å²) < 4.78 is 2.84. The molecular formula is C17H17IN4O. The zero-order chi connectivity index (χ0) is 16.6. The summed E-state index contributed by atoms with van der Waals surface area (Å²) in [7, 11) is 0. The number of fused-ring (bicyclic) bond motifs is 1. The fourth-order valence-corrected chi connectivity index (χ4v) is 2.98. The van der Waals surface area contributed by atoms with Gasteiger partial charge in [0.25, 0.3) is 5.91 Å². The Bertz CT molecular complexity index is 885. The molecule has 0 aliphatic carbocycles. The minimum atomic E-state index is -0.145. The molecular weight excluding hydrogens is 403 g/mol. The predicted octanol–water partition coefficient (Wildman–Crippen LogP) is 4.18. The van der Waals surface area contributed by atoms with E-state index in [9.17, 15) is 4.79 Å². The zero-order valence-corrected chi connectivity index (χ0v) is 15.3. The summed E-state index contributed by atoms with van der Waals surface area (Å²) in [5.41, 5.74) is 2.94. The number of para-hydroxylation sites is 1. The molecule has 0 aliphatic heterocycles. The highest BCUT2D eigenvalue weighted by molar-refractivity contribution is 14.1. The first-order valence-corrected chi connectivity index (χ1v) is 8.46. The van der Waals surface area contributed by atoms with Gasteiger partial charge in [-0.15, -0.1) is 0 Å². The van der Waals surface area contributed by atoms with Crippen LogP contribution in [0.2, 0.25) is 0 Å². The van der Waals surface area contributed by atoms with Gasteiger partial charge in [-0.25, -0.2) is 9.67 Å². The number of amides is 1. The zero-order valence-electron chi connectivity index (χ0n) is 13.2. The Morgan fingerprint density at radius 1 is 1.30 bits per heavy atom. The number of aromatic nitrogens is 3. The number of aryl methyl sites for hydroxylation is 1. The van der Waals surface area contributed by atoms with Crippen LogP contribution in [-0.4, -0.2) is 20.7 Å². The molecule has 0 unspecified atom stereocenters. The average Bonchev–Trinajstić information content (AvgIpc) is 2.92. The lowest BCUT2D eigenvalue weighted by atomic mass is 10.1. The van der Waals surface area contributed by atoms with Crippen molar-refractivity contribution in [2.24, 2.45) is 0 Å². The van der Waals surface area contributed by atoms with Crippen LogP contribution in [0.15, 0.2) is 36.5 Å². The van der Waals surface area contributed by atoms with E-state index < -0.39 is 0 Å². The molecule has 118 valence electrons. The van der Waals surface area contributed by atoms with Crippen LogP contribution in [0.4, 0.5) is 5.69 Å². The van der Waals surface area contributed by atoms with Crippen LogP contribution in [0.5, 0.6) is 0 Å². The number of halogens is 1. The van der Waals surface area contributed by atoms with Crippen molar-refractivity contribution >= 4 is 45.2 Å². The Labute approximate surface area is 148 Å². The second-order valence-corrected chi connectivity index (χ2v) is 6.83. The molecule has 0 bridgehead atoms. The topological polar surface area (TPSA) is 59.8 Å². The van der Waals surface area contributed by atoms with Crippen LogP contribution in [0.3, 0.4) is 0 Å². The van der Waals surface area contributed by atoms with E-state index in [2.05, 4.69) is 38.0 Å². The highest BCUT2D eigenvalue weighted by Gasteiger charge is 2.17. The van der Waals surface area contributed by atoms with Crippen LogP contribution in [0, 0.1) is 10.5 Å². The maximum Gasteiger partial charge on any atom is 0.256 e. The van der Waals surface area contributed by atoms with Crippen LogP contribution >= 0.6 is 22.6 Å². The number of rotatable bonds is 3. The van der Waals surface area contributed by atoms with Gasteiger partial charge >= 0.3 is 0 Å². The first-order valence-electron chi connectivity index (χ1n) is 7.38. The summed E-state index contributed by atoms with van der Waals surface area (Å²) in [4.78, 5) is 17.3. The third kappa shape index (κ3) is 3.08. The second-order valence-electron chi connectivity index (χ2n) is 5.67. The minimum Gasteiger partial charge on any atom is -0.321 e. The summed E-state index contributed by atoms with van der Waals surface area (Å²) in [5.74, 6) is -0.145. The van der Waals surface area contributed by atoms with Crippen LogP contribution < -0.4 is 5.32 Å². The number of carbonyl (C=O) groups excluding carboxylic acids is 1. The molecule has 0 atom stereocenters. The molecule has 6 heteroatoms. The van der Waals surface area contributed by atoms with E-state index in [0.29, 0.717) is 5.56 Å². The third-order valence-electron chi connectivity index (χ3n) is 3.55. The first-order chi connectivity index (χ1) is 11.0. The molecule has 3 aromatic rings. The molecule has 0 aliphatic rings. The molecule has 0 radical (unpaired) electrons. The first kappa shape index (κ1) is 15.9. The highest BCUT2D eigenvalue weighted by Crippen LogP contribution is 2.23. The van der Waals surface area contributed by atoms with Crippen LogP contribution in [0.1, 0.15) is 35.9 Å². The van der Waals surface area contributed by atoms with Crippen molar-refractivity contribution in [2.45, 2.75) is 26.8 Å². The average molecular weight is 420 g/mol. The Kier molecular flexibility index (Phi) is 4.34. The highest BCUT2D eigenvalue weighted by atomic mass is 127. The number of anilines is 1. The summed E-state index contributed by atoms with van der Waals surface area (Å²) >= 11 is 2.21. The van der Waals surface area contributed by atoms with Crippen molar-refractivity contribution in [1.82, 2.24) is 14.8 Å². The van der Waals surface area contributed by atoms with Crippen molar-refractivity contribution in [3.63, 3.8) is 0 Å². The molecule has 1 aromatic carbocycles. The number of carbonyl (C=O) groups is 1. The lowest BCUT2D eigenvalue weighted by Gasteiger charge is -2.10. The molecule has 0 saturated carbocycles. The lowest BCUT2D eigenvalue weighted by Crippen LogP contribution is -2.14. The Morgan fingerprint density at radius 2 is 2.04 bits per heavy atom. The van der Waals surface area contributed by atoms with Gasteiger partial charge in [-0.05, 0) is 61.6 Å². The molecule has 1 amide bonds. The van der Waals surface area contributed by atoms with Crippen LogP contribution in [-0.2, 0) is 0 Å². The van der Waals surface area contributed by atoms with Gasteiger partial charge < -0.3 is 5.32 Å². The van der Waals surface area contributed by atoms with Gasteiger partial charge in [0.05, 0.1) is 22.8 Å². The van der Waals surface area contributed by atoms with Crippen molar-refractivity contribution in [3.8, 4) is 0 Å². The molecule has 23 heavy (non-hydrogen) atoms. The smallest absolute Gasteiger partial charge is 0.256 e. The van der Waals surface area contributed by atoms with E-state index in [1.165, 1.54) is 0 Å². The van der Waals surface area contributed by atoms with Crippen molar-refractivity contribution in [1.29, 1.82) is 0 Å². The Hall–Kier alpha value is -1.96. The van der Waals surface area contributed by atoms with E-state index in [1.54, 1.807) is 12.3 Å². The normalized spacial score (nSPS) is 11.2. The SMILES string of the molecule is Cc1cc(C(=O)Nc2ccccc2I)c2cnn(C(C)C)c2n1. The second kappa shape index (κ2) is 6.27. The van der Waals surface area contributed by atoms with Gasteiger partial charge in [-0.3, -0.25) is 4.79 Å². The molecule has 2 heterocycles. The monoisotopic (exact) mass is 420 g/mol. The van der Waals surface area contributed by atoms with E-state index in [4.69, 9.17) is 0 Å². The summed E-state index contributed by atoms with van der Waals surface area (Å²) in [6.07, 6.45) is 1.71. The van der Waals surface area contributed by atoms with Crippen molar-refractivity contribution < 1.29 is 4.79 Å². The molecule has 5 nitrogen and oxygen atoms in total. The third-order valence-corrected chi connectivity index (χ3v) is 4.49. The van der Waals surface area contributed by atoms with E-state index >= 15 is 0 Å². The fourth-order valence-electron chi connectivity index (χ4n) is 2.46. The van der Waals surface area contributed by atoms with Gasteiger partial charge in [0.2, 0.25) is 0 Å². The largest absolute Gasteiger partial charge is 0.321 e. The summed E-state index contributed by atoms with van der Waals surface area (Å²) in [6.45, 7) is 5.98. The molecule has 0 fully saturated rings. The molecule has 0 saturated heterocycles. The Morgan fingerprint density at radius 3 is 2.74 bits per heavy atom. The minimum absolute atomic E-state index is 0.145. The number of benzene rings is 1. The Balaban J connectivity index is 2.05. The van der Waals surface area contributed by atoms with Crippen molar-refractivity contribution in [3.05, 3.63) is 51.4 Å². The summed E-state index contributed by atoms with van der Waals surface area (Å²) in [6, 6.07) is 9.69. The maximum absolute atomic E-state index is 12.7. The van der Waals surface area contributed by atoms with Gasteiger partial charge in [0.15, 0.2) is 5.65 Å². The number of nitrogens with one attached hydrogen (secondary N) is 1. The number of pyridine rings is 1. The van der Waals surface area contributed by atoms with Crippen LogP contribution in [0.25, 0.3) is 11.0 Å². The van der Waals surface area contributed by atoms with E-state index in [0.717, 1.165) is 26.0 Å². The van der Waals surface area contributed by atoms with Gasteiger partial charge in [-0.1, -0.05) is 12.1 Å². The maximum atomic E-state index is 12.7. The number of hydrogen-bond acceptors (Lipinski definition) is 3. The standard InChI is InChI=1S/C17H17IN4O/c1-10(2)22-16-13(9-19-22)12(8-11(3)20-16)17(23)21-15-7-5-4-6-14(15)18/h4-10H,1-3H3,(H,21,23). The van der Waals surface area contributed by atoms with Gasteiger partial charge in [-0.2, -0.15) is 5.10 Å². The molecule has 3 rings (SSSR count). The summed E-state index contributed by atoms with van der Waals surface area (Å²) in [5, 5.41) is 8.12. The van der Waals surface area contributed by atoms with E-state index in [1.807, 2.05) is 49.7 Å². The van der Waals surface area contributed by atoms with Gasteiger partial charge in [0, 0.05) is 15.3 Å². The molecule has 0 spiro atoms. The lowest BCUT2D eigenvalue weighted by molar-refractivity contribution is 0.102. The fraction of sp³-hybridized carbons (Fsp3) is 0.235. The molecule has 1 N–H and O–H groups in total. The molecule has 2 aromatic heterocycles. The van der Waals surface area contributed by atoms with Gasteiger partial charge in [0.1, 0.15) is 0 Å². The number of nitrogens with zero attached hydrogens (tertiary/aromatic N) is 3. The van der Waals surface area contributed by atoms with E-state index in [-0.39, 0.29) is 11.9 Å². The van der Waals surface area contributed by atoms with Crippen molar-refractivity contribution in [2.75, 3.05) is 5.32 Å². The number of hydrogen-bond donors (Lipinski definition) is 1. The quantitative estimate of drug-likeness (QED) is 0.647. The predicted molar refractivity (Wildman–Crippen MR) is 99.8 cm³/mol.